The van der Waals surface area contributed by atoms with Crippen LogP contribution in [0.4, 0.5) is 0 Å². The Balaban J connectivity index is 1.77. The molecule has 0 saturated carbocycles. The molecule has 0 radical (unpaired) electrons. The Hall–Kier alpha value is -3.33. The topological polar surface area (TPSA) is 108 Å². The highest BCUT2D eigenvalue weighted by Gasteiger charge is 2.27. The fraction of sp³-hybridized carbons (Fsp3) is 0.556. The second kappa shape index (κ2) is 29.0. The SMILES string of the molecule is CCCCCCCCCCCCCCCC(=O)OC[C@H](COP(=O)(O)OCC[N+](C)(C)C)OC(=O)CCc1ccc(/C=C/C=C/C=C/c2ccccc2)cc1. The Morgan fingerprint density at radius 3 is 1.78 bits per heavy atom. The molecule has 0 aliphatic rings. The highest BCUT2D eigenvalue weighted by atomic mass is 31.2. The molecule has 0 aromatic heterocycles. The summed E-state index contributed by atoms with van der Waals surface area (Å²) in [6.45, 7) is 2.01. The highest BCUT2D eigenvalue weighted by molar-refractivity contribution is 7.47. The number of hydrogen-bond acceptors (Lipinski definition) is 7. The van der Waals surface area contributed by atoms with Gasteiger partial charge < -0.3 is 18.9 Å². The summed E-state index contributed by atoms with van der Waals surface area (Å²) in [4.78, 5) is 35.6. The lowest BCUT2D eigenvalue weighted by atomic mass is 10.0. The van der Waals surface area contributed by atoms with Crippen molar-refractivity contribution in [2.45, 2.75) is 116 Å². The molecule has 306 valence electrons. The number of likely N-dealkylation sites (N-methyl/N-ethyl adjacent to an activating group) is 1. The molecule has 1 unspecified atom stereocenters. The number of aryl methyl sites for hydroxylation is 1. The van der Waals surface area contributed by atoms with Crippen LogP contribution in [-0.2, 0) is 39.1 Å². The number of esters is 2. The van der Waals surface area contributed by atoms with Crippen molar-refractivity contribution in [3.63, 3.8) is 0 Å². The molecule has 0 heterocycles. The summed E-state index contributed by atoms with van der Waals surface area (Å²) < 4.78 is 34.3. The van der Waals surface area contributed by atoms with E-state index in [0.29, 0.717) is 17.4 Å². The number of benzene rings is 2. The first-order chi connectivity index (χ1) is 26.5. The van der Waals surface area contributed by atoms with Crippen molar-refractivity contribution in [1.82, 2.24) is 0 Å². The van der Waals surface area contributed by atoms with Gasteiger partial charge in [-0.3, -0.25) is 18.6 Å². The molecule has 1 N–H and O–H groups in total. The van der Waals surface area contributed by atoms with Gasteiger partial charge in [0.25, 0.3) is 0 Å². The van der Waals surface area contributed by atoms with Crippen molar-refractivity contribution in [2.75, 3.05) is 47.5 Å². The van der Waals surface area contributed by atoms with Crippen molar-refractivity contribution in [2.24, 2.45) is 0 Å². The predicted molar refractivity (Wildman–Crippen MR) is 224 cm³/mol. The molecule has 0 fully saturated rings. The fourth-order valence-electron chi connectivity index (χ4n) is 5.62. The summed E-state index contributed by atoms with van der Waals surface area (Å²) in [5.41, 5.74) is 3.13. The van der Waals surface area contributed by atoms with E-state index in [0.717, 1.165) is 36.0 Å². The van der Waals surface area contributed by atoms with Crippen LogP contribution in [0, 0.1) is 0 Å². The third kappa shape index (κ3) is 27.0. The normalized spacial score (nSPS) is 13.8. The van der Waals surface area contributed by atoms with Crippen molar-refractivity contribution < 1.29 is 42.1 Å². The molecule has 0 bridgehead atoms. The largest absolute Gasteiger partial charge is 0.472 e. The van der Waals surface area contributed by atoms with Crippen LogP contribution in [0.1, 0.15) is 120 Å². The Kier molecular flexibility index (Phi) is 25.2. The van der Waals surface area contributed by atoms with Gasteiger partial charge in [0.2, 0.25) is 0 Å². The van der Waals surface area contributed by atoms with E-state index in [4.69, 9.17) is 18.5 Å². The number of unbranched alkanes of at least 4 members (excludes halogenated alkanes) is 12. The first-order valence-electron chi connectivity index (χ1n) is 20.4. The van der Waals surface area contributed by atoms with Crippen LogP contribution in [0.25, 0.3) is 12.2 Å². The minimum Gasteiger partial charge on any atom is -0.462 e. The van der Waals surface area contributed by atoms with E-state index < -0.39 is 32.5 Å². The summed E-state index contributed by atoms with van der Waals surface area (Å²) in [5.74, 6) is -0.929. The molecule has 55 heavy (non-hydrogen) atoms. The average molecular weight is 783 g/mol. The van der Waals surface area contributed by atoms with Crippen molar-refractivity contribution in [3.8, 4) is 0 Å². The molecule has 2 aromatic rings. The monoisotopic (exact) mass is 782 g/mol. The van der Waals surface area contributed by atoms with E-state index in [1.807, 2.05) is 112 Å². The van der Waals surface area contributed by atoms with Crippen LogP contribution in [0.5, 0.6) is 0 Å². The van der Waals surface area contributed by atoms with Gasteiger partial charge in [-0.25, -0.2) is 4.57 Å². The number of rotatable bonds is 31. The first kappa shape index (κ1) is 47.8. The van der Waals surface area contributed by atoms with E-state index in [1.165, 1.54) is 64.2 Å². The maximum absolute atomic E-state index is 12.9. The van der Waals surface area contributed by atoms with Gasteiger partial charge in [-0.05, 0) is 29.5 Å². The van der Waals surface area contributed by atoms with E-state index >= 15 is 0 Å². The minimum atomic E-state index is -4.42. The van der Waals surface area contributed by atoms with Gasteiger partial charge in [0.05, 0.1) is 27.7 Å². The van der Waals surface area contributed by atoms with Gasteiger partial charge >= 0.3 is 19.8 Å². The van der Waals surface area contributed by atoms with Crippen LogP contribution in [0.3, 0.4) is 0 Å². The molecule has 2 rings (SSSR count). The van der Waals surface area contributed by atoms with Crippen LogP contribution in [0.15, 0.2) is 78.9 Å². The third-order valence-electron chi connectivity index (χ3n) is 8.96. The predicted octanol–water partition coefficient (Wildman–Crippen LogP) is 10.7. The van der Waals surface area contributed by atoms with Gasteiger partial charge in [0, 0.05) is 12.8 Å². The van der Waals surface area contributed by atoms with E-state index in [1.54, 1.807) is 0 Å². The molecular formula is C45H69NO8P+. The zero-order chi connectivity index (χ0) is 40.0. The molecule has 9 nitrogen and oxygen atoms in total. The number of allylic oxidation sites excluding steroid dienone is 4. The smallest absolute Gasteiger partial charge is 0.462 e. The van der Waals surface area contributed by atoms with Gasteiger partial charge in [-0.1, -0.05) is 175 Å². The molecule has 0 aliphatic heterocycles. The fourth-order valence-corrected chi connectivity index (χ4v) is 6.36. The minimum absolute atomic E-state index is 0.00717. The average Bonchev–Trinajstić information content (AvgIpc) is 3.15. The number of phosphoric acid groups is 1. The Morgan fingerprint density at radius 2 is 1.22 bits per heavy atom. The lowest BCUT2D eigenvalue weighted by Crippen LogP contribution is -2.37. The number of nitrogens with zero attached hydrogens (tertiary/aromatic N) is 1. The molecule has 0 amide bonds. The first-order valence-corrected chi connectivity index (χ1v) is 21.9. The molecule has 2 aromatic carbocycles. The quantitative estimate of drug-likeness (QED) is 0.0265. The van der Waals surface area contributed by atoms with Gasteiger partial charge in [0.15, 0.2) is 6.10 Å². The molecule has 10 heteroatoms. The van der Waals surface area contributed by atoms with Crippen molar-refractivity contribution in [3.05, 3.63) is 95.6 Å². The second-order valence-corrected chi connectivity index (χ2v) is 16.6. The van der Waals surface area contributed by atoms with Crippen molar-refractivity contribution >= 4 is 31.9 Å². The van der Waals surface area contributed by atoms with Crippen LogP contribution < -0.4 is 0 Å². The van der Waals surface area contributed by atoms with E-state index in [-0.39, 0.29) is 26.1 Å². The van der Waals surface area contributed by atoms with E-state index in [9.17, 15) is 19.0 Å². The van der Waals surface area contributed by atoms with Gasteiger partial charge in [-0.2, -0.15) is 0 Å². The molecule has 0 saturated heterocycles. The van der Waals surface area contributed by atoms with Crippen LogP contribution in [0.2, 0.25) is 0 Å². The molecule has 2 atom stereocenters. The molecular weight excluding hydrogens is 713 g/mol. The third-order valence-corrected chi connectivity index (χ3v) is 9.94. The number of phosphoric ester groups is 1. The van der Waals surface area contributed by atoms with Gasteiger partial charge in [-0.15, -0.1) is 0 Å². The summed E-state index contributed by atoms with van der Waals surface area (Å²) in [6.07, 6.45) is 27.4. The number of hydrogen-bond donors (Lipinski definition) is 1. The number of carbonyl (C=O) groups excluding carboxylic acids is 2. The second-order valence-electron chi connectivity index (χ2n) is 15.2. The maximum Gasteiger partial charge on any atom is 0.472 e. The zero-order valence-electron chi connectivity index (χ0n) is 34.1. The zero-order valence-corrected chi connectivity index (χ0v) is 35.0. The lowest BCUT2D eigenvalue weighted by molar-refractivity contribution is -0.870. The number of ether oxygens (including phenoxy) is 2. The summed E-state index contributed by atoms with van der Waals surface area (Å²) in [6, 6.07) is 18.0. The van der Waals surface area contributed by atoms with E-state index in [2.05, 4.69) is 6.92 Å². The van der Waals surface area contributed by atoms with Crippen molar-refractivity contribution in [1.29, 1.82) is 0 Å². The Bertz CT molecular complexity index is 1450. The lowest BCUT2D eigenvalue weighted by Gasteiger charge is -2.24. The summed E-state index contributed by atoms with van der Waals surface area (Å²) in [5, 5.41) is 0. The summed E-state index contributed by atoms with van der Waals surface area (Å²) >= 11 is 0. The van der Waals surface area contributed by atoms with Gasteiger partial charge in [0.1, 0.15) is 19.8 Å². The maximum atomic E-state index is 12.9. The Labute approximate surface area is 332 Å². The molecule has 0 spiro atoms. The summed E-state index contributed by atoms with van der Waals surface area (Å²) in [7, 11) is 1.39. The highest BCUT2D eigenvalue weighted by Crippen LogP contribution is 2.43. The number of quaternary nitrogens is 1. The number of carbonyl (C=O) groups is 2. The van der Waals surface area contributed by atoms with Crippen LogP contribution >= 0.6 is 7.82 Å². The van der Waals surface area contributed by atoms with Crippen LogP contribution in [-0.4, -0.2) is 74.9 Å². The standard InChI is InChI=1S/C45H68NO8P/c1-5-6-7-8-9-10-11-12-13-14-15-16-24-29-44(47)51-38-43(39-53-55(49,50)52-37-36-46(2,3)4)54-45(48)35-34-42-32-30-41(31-33-42)28-21-18-17-20-25-40-26-22-19-23-27-40/h17-23,25-28,30-33,43H,5-16,24,29,34-39H2,1-4H3/p+1/b18-17+,25-20+,28-21+/t43-/m1/s1. The Morgan fingerprint density at radius 1 is 0.673 bits per heavy atom. The molecule has 0 aliphatic carbocycles.